The quantitative estimate of drug-likeness (QED) is 0.412. The molecule has 2 aromatic carbocycles. The summed E-state index contributed by atoms with van der Waals surface area (Å²) in [6.07, 6.45) is 2.90. The second-order valence-corrected chi connectivity index (χ2v) is 8.03. The van der Waals surface area contributed by atoms with E-state index in [4.69, 9.17) is 5.73 Å². The van der Waals surface area contributed by atoms with Crippen LogP contribution in [0.5, 0.6) is 0 Å². The average molecular weight is 408 g/mol. The normalized spacial score (nSPS) is 10.9. The van der Waals surface area contributed by atoms with Crippen molar-refractivity contribution >= 4 is 29.3 Å². The number of anilines is 2. The van der Waals surface area contributed by atoms with Crippen LogP contribution in [0.3, 0.4) is 0 Å². The van der Waals surface area contributed by atoms with Gasteiger partial charge in [0.05, 0.1) is 5.69 Å². The van der Waals surface area contributed by atoms with Crippen LogP contribution in [0, 0.1) is 0 Å². The van der Waals surface area contributed by atoms with Gasteiger partial charge in [0.15, 0.2) is 0 Å². The first-order chi connectivity index (χ1) is 14.0. The van der Waals surface area contributed by atoms with Crippen LogP contribution in [-0.2, 0) is 0 Å². The molecule has 0 aliphatic carbocycles. The molecule has 3 rings (SSSR count). The summed E-state index contributed by atoms with van der Waals surface area (Å²) in [5, 5.41) is 3.15. The van der Waals surface area contributed by atoms with Crippen molar-refractivity contribution in [2.75, 3.05) is 31.7 Å². The monoisotopic (exact) mass is 407 g/mol. The lowest BCUT2D eigenvalue weighted by Crippen LogP contribution is -2.13. The predicted octanol–water partition coefficient (Wildman–Crippen LogP) is 4.03. The van der Waals surface area contributed by atoms with Gasteiger partial charge in [-0.15, -0.1) is 11.8 Å². The lowest BCUT2D eigenvalue weighted by atomic mass is 10.1. The third-order valence-corrected chi connectivity index (χ3v) is 5.35. The Morgan fingerprint density at radius 3 is 2.45 bits per heavy atom. The molecule has 1 aromatic heterocycles. The molecule has 150 valence electrons. The van der Waals surface area contributed by atoms with Crippen molar-refractivity contribution < 1.29 is 4.79 Å². The lowest BCUT2D eigenvalue weighted by molar-refractivity contribution is 0.100. The molecule has 0 unspecified atom stereocenters. The minimum Gasteiger partial charge on any atom is -0.366 e. The molecule has 0 atom stereocenters. The van der Waals surface area contributed by atoms with Crippen LogP contribution in [0.15, 0.2) is 65.7 Å². The third kappa shape index (κ3) is 6.30. The van der Waals surface area contributed by atoms with Crippen LogP contribution >= 0.6 is 11.8 Å². The summed E-state index contributed by atoms with van der Waals surface area (Å²) in [6.45, 7) is 1.10. The van der Waals surface area contributed by atoms with Crippen molar-refractivity contribution in [3.63, 3.8) is 0 Å². The van der Waals surface area contributed by atoms with E-state index in [0.717, 1.165) is 29.2 Å². The Morgan fingerprint density at radius 2 is 1.79 bits per heavy atom. The Morgan fingerprint density at radius 1 is 1.07 bits per heavy atom. The second-order valence-electron chi connectivity index (χ2n) is 6.86. The Bertz CT molecular complexity index is 942. The van der Waals surface area contributed by atoms with Gasteiger partial charge in [-0.1, -0.05) is 12.1 Å². The van der Waals surface area contributed by atoms with Crippen LogP contribution in [-0.4, -0.2) is 47.2 Å². The van der Waals surface area contributed by atoms with Gasteiger partial charge in [0.25, 0.3) is 0 Å². The summed E-state index contributed by atoms with van der Waals surface area (Å²) >= 11 is 1.87. The number of aromatic nitrogens is 2. The highest BCUT2D eigenvalue weighted by atomic mass is 32.2. The lowest BCUT2D eigenvalue weighted by Gasteiger charge is -2.09. The summed E-state index contributed by atoms with van der Waals surface area (Å²) in [5.74, 6) is 1.15. The van der Waals surface area contributed by atoms with E-state index in [1.807, 2.05) is 17.8 Å². The highest BCUT2D eigenvalue weighted by Gasteiger charge is 2.05. The molecule has 7 heteroatoms. The fraction of sp³-hybridized carbons (Fsp3) is 0.227. The van der Waals surface area contributed by atoms with Gasteiger partial charge in [-0.05, 0) is 75.3 Å². The summed E-state index contributed by atoms with van der Waals surface area (Å²) < 4.78 is 0. The molecular formula is C22H25N5OS. The molecule has 0 radical (unpaired) electrons. The van der Waals surface area contributed by atoms with E-state index in [1.165, 1.54) is 11.3 Å². The zero-order chi connectivity index (χ0) is 20.6. The van der Waals surface area contributed by atoms with Crippen molar-refractivity contribution in [2.24, 2.45) is 5.73 Å². The van der Waals surface area contributed by atoms with E-state index in [0.29, 0.717) is 11.5 Å². The number of primary amides is 1. The maximum atomic E-state index is 11.2. The first kappa shape index (κ1) is 20.8. The van der Waals surface area contributed by atoms with Crippen LogP contribution < -0.4 is 11.1 Å². The molecule has 0 fully saturated rings. The number of nitrogens with two attached hydrogens (primary N) is 1. The van der Waals surface area contributed by atoms with Crippen molar-refractivity contribution in [3.05, 3.63) is 66.4 Å². The minimum absolute atomic E-state index is 0.450. The number of benzene rings is 2. The SMILES string of the molecule is CN(C)CCCSc1ccc(-c2ccnc(Nc3ccc(C(N)=O)cc3)n2)cc1. The number of amides is 1. The maximum absolute atomic E-state index is 11.2. The van der Waals surface area contributed by atoms with Crippen LogP contribution in [0.1, 0.15) is 16.8 Å². The molecule has 1 amide bonds. The molecule has 0 aliphatic heterocycles. The van der Waals surface area contributed by atoms with Crippen LogP contribution in [0.25, 0.3) is 11.3 Å². The van der Waals surface area contributed by atoms with Crippen molar-refractivity contribution in [2.45, 2.75) is 11.3 Å². The maximum Gasteiger partial charge on any atom is 0.248 e. The number of thioether (sulfide) groups is 1. The highest BCUT2D eigenvalue weighted by molar-refractivity contribution is 7.99. The van der Waals surface area contributed by atoms with E-state index in [-0.39, 0.29) is 0 Å². The zero-order valence-corrected chi connectivity index (χ0v) is 17.4. The summed E-state index contributed by atoms with van der Waals surface area (Å²) in [4.78, 5) is 23.5. The molecule has 0 spiro atoms. The molecule has 6 nitrogen and oxygen atoms in total. The summed E-state index contributed by atoms with van der Waals surface area (Å²) in [7, 11) is 4.20. The number of hydrogen-bond acceptors (Lipinski definition) is 6. The van der Waals surface area contributed by atoms with E-state index >= 15 is 0 Å². The molecule has 1 heterocycles. The van der Waals surface area contributed by atoms with Crippen LogP contribution in [0.2, 0.25) is 0 Å². The average Bonchev–Trinajstić information content (AvgIpc) is 2.72. The first-order valence-electron chi connectivity index (χ1n) is 9.39. The number of hydrogen-bond donors (Lipinski definition) is 2. The van der Waals surface area contributed by atoms with E-state index < -0.39 is 5.91 Å². The summed E-state index contributed by atoms with van der Waals surface area (Å²) in [5.41, 5.74) is 8.41. The number of nitrogens with zero attached hydrogens (tertiary/aromatic N) is 3. The first-order valence-corrected chi connectivity index (χ1v) is 10.4. The number of nitrogens with one attached hydrogen (secondary N) is 1. The molecule has 0 bridgehead atoms. The van der Waals surface area contributed by atoms with E-state index in [9.17, 15) is 4.79 Å². The second kappa shape index (κ2) is 10.0. The zero-order valence-electron chi connectivity index (χ0n) is 16.6. The Kier molecular flexibility index (Phi) is 7.21. The number of carbonyl (C=O) groups is 1. The van der Waals surface area contributed by atoms with E-state index in [1.54, 1.807) is 30.5 Å². The fourth-order valence-corrected chi connectivity index (χ4v) is 3.56. The summed E-state index contributed by atoms with van der Waals surface area (Å²) in [6, 6.07) is 17.2. The molecule has 29 heavy (non-hydrogen) atoms. The third-order valence-electron chi connectivity index (χ3n) is 4.25. The highest BCUT2D eigenvalue weighted by Crippen LogP contribution is 2.24. The molecule has 0 aliphatic rings. The minimum atomic E-state index is -0.450. The largest absolute Gasteiger partial charge is 0.366 e. The molecular weight excluding hydrogens is 382 g/mol. The molecule has 0 saturated carbocycles. The van der Waals surface area contributed by atoms with Gasteiger partial charge >= 0.3 is 0 Å². The topological polar surface area (TPSA) is 84.1 Å². The number of rotatable bonds is 9. The Labute approximate surface area is 175 Å². The predicted molar refractivity (Wildman–Crippen MR) is 120 cm³/mol. The fourth-order valence-electron chi connectivity index (χ4n) is 2.72. The van der Waals surface area contributed by atoms with Crippen molar-refractivity contribution in [3.8, 4) is 11.3 Å². The smallest absolute Gasteiger partial charge is 0.248 e. The van der Waals surface area contributed by atoms with E-state index in [2.05, 4.69) is 58.5 Å². The van der Waals surface area contributed by atoms with Gasteiger partial charge in [-0.2, -0.15) is 0 Å². The van der Waals surface area contributed by atoms with Crippen molar-refractivity contribution in [1.29, 1.82) is 0 Å². The van der Waals surface area contributed by atoms with Gasteiger partial charge in [0.1, 0.15) is 0 Å². The van der Waals surface area contributed by atoms with Crippen molar-refractivity contribution in [1.82, 2.24) is 14.9 Å². The van der Waals surface area contributed by atoms with Gasteiger partial charge in [0.2, 0.25) is 11.9 Å². The number of carbonyl (C=O) groups excluding carboxylic acids is 1. The Hall–Kier alpha value is -2.90. The molecule has 0 saturated heterocycles. The Balaban J connectivity index is 1.63. The van der Waals surface area contributed by atoms with Gasteiger partial charge in [-0.25, -0.2) is 9.97 Å². The standard InChI is InChI=1S/C22H25N5OS/c1-27(2)14-3-15-29-19-10-6-16(7-11-19)20-12-13-24-22(26-20)25-18-8-4-17(5-9-18)21(23)28/h4-13H,3,14-15H2,1-2H3,(H2,23,28)(H,24,25,26). The van der Waals surface area contributed by atoms with Gasteiger partial charge in [0, 0.05) is 27.9 Å². The molecule has 3 aromatic rings. The van der Waals surface area contributed by atoms with Crippen LogP contribution in [0.4, 0.5) is 11.6 Å². The van der Waals surface area contributed by atoms with Gasteiger partial charge in [-0.3, -0.25) is 4.79 Å². The molecule has 3 N–H and O–H groups in total. The van der Waals surface area contributed by atoms with Gasteiger partial charge < -0.3 is 16.0 Å².